The van der Waals surface area contributed by atoms with Crippen LogP contribution in [0.25, 0.3) is 0 Å². The molecule has 2 aromatic heterocycles. The molecule has 2 aromatic rings. The maximum Gasteiger partial charge on any atom is 0.348 e. The summed E-state index contributed by atoms with van der Waals surface area (Å²) in [7, 11) is -2.10. The zero-order valence-electron chi connectivity index (χ0n) is 22.5. The fraction of sp³-hybridized carbons (Fsp3) is 0.654. The Kier molecular flexibility index (Phi) is 7.62. The number of anilines is 1. The topological polar surface area (TPSA) is 113 Å². The van der Waals surface area contributed by atoms with Crippen LogP contribution in [0.15, 0.2) is 17.3 Å². The van der Waals surface area contributed by atoms with Crippen molar-refractivity contribution in [1.82, 2.24) is 13.9 Å². The summed E-state index contributed by atoms with van der Waals surface area (Å²) in [5.41, 5.74) is 0.105. The third-order valence-corrected chi connectivity index (χ3v) is 11.0. The standard InChI is InChI=1S/C26H38N4O5S2/c1-16-7-9-18(10-8-16)24(31)30(20-13-21(26(3,4)5)36-23(20)25(32)33)19-11-12-29(14-19)37(34,35)22-15-28(6)17(2)27-22/h13,15-16,18-19H,7-12,14H2,1-6H3,(H,32,33)/t16-,18-,19-/m0/s1. The van der Waals surface area contributed by atoms with Gasteiger partial charge in [0.25, 0.3) is 10.0 Å². The van der Waals surface area contributed by atoms with E-state index in [0.717, 1.165) is 30.6 Å². The number of thiophene rings is 1. The molecule has 0 bridgehead atoms. The smallest absolute Gasteiger partial charge is 0.348 e. The Bertz CT molecular complexity index is 1260. The zero-order chi connectivity index (χ0) is 27.3. The molecule has 0 unspecified atom stereocenters. The Morgan fingerprint density at radius 2 is 1.81 bits per heavy atom. The maximum absolute atomic E-state index is 14.1. The molecule has 1 N–H and O–H groups in total. The normalized spacial score (nSPS) is 23.4. The largest absolute Gasteiger partial charge is 0.477 e. The molecule has 0 spiro atoms. The second kappa shape index (κ2) is 10.1. The first-order chi connectivity index (χ1) is 17.2. The number of nitrogens with zero attached hydrogens (tertiary/aromatic N) is 4. The van der Waals surface area contributed by atoms with Crippen molar-refractivity contribution in [1.29, 1.82) is 0 Å². The van der Waals surface area contributed by atoms with Gasteiger partial charge < -0.3 is 14.6 Å². The number of imidazole rings is 1. The van der Waals surface area contributed by atoms with Crippen LogP contribution in [0.4, 0.5) is 5.69 Å². The van der Waals surface area contributed by atoms with Crippen LogP contribution in [0.1, 0.15) is 80.2 Å². The van der Waals surface area contributed by atoms with Crippen LogP contribution in [-0.4, -0.2) is 58.4 Å². The lowest BCUT2D eigenvalue weighted by molar-refractivity contribution is -0.124. The molecule has 1 aliphatic carbocycles. The Hall–Kier alpha value is -2.24. The number of aromatic nitrogens is 2. The number of hydrogen-bond donors (Lipinski definition) is 1. The van der Waals surface area contributed by atoms with E-state index in [-0.39, 0.29) is 40.2 Å². The Morgan fingerprint density at radius 1 is 1.16 bits per heavy atom. The molecule has 0 aromatic carbocycles. The number of rotatable bonds is 6. The van der Waals surface area contributed by atoms with Gasteiger partial charge in [-0.05, 0) is 56.4 Å². The molecule has 37 heavy (non-hydrogen) atoms. The van der Waals surface area contributed by atoms with Crippen LogP contribution in [0.2, 0.25) is 0 Å². The Labute approximate surface area is 223 Å². The highest BCUT2D eigenvalue weighted by Crippen LogP contribution is 2.41. The SMILES string of the molecule is Cc1nc(S(=O)(=O)N2CC[C@H](N(c3cc(C(C)(C)C)sc3C(=O)O)C(=O)[C@H]3CC[C@H](C)CC3)C2)cn1C. The molecule has 1 saturated carbocycles. The van der Waals surface area contributed by atoms with E-state index in [1.165, 1.54) is 21.8 Å². The van der Waals surface area contributed by atoms with E-state index in [1.807, 2.05) is 26.8 Å². The number of aryl methyl sites for hydroxylation is 2. The van der Waals surface area contributed by atoms with Crippen molar-refractivity contribution in [3.8, 4) is 0 Å². The molecule has 1 atom stereocenters. The lowest BCUT2D eigenvalue weighted by Crippen LogP contribution is -2.46. The summed E-state index contributed by atoms with van der Waals surface area (Å²) in [5, 5.41) is 10.1. The molecule has 1 aliphatic heterocycles. The van der Waals surface area contributed by atoms with Gasteiger partial charge in [-0.25, -0.2) is 18.2 Å². The molecule has 1 amide bonds. The van der Waals surface area contributed by atoms with Crippen molar-refractivity contribution in [2.75, 3.05) is 18.0 Å². The summed E-state index contributed by atoms with van der Waals surface area (Å²) < 4.78 is 29.8. The lowest BCUT2D eigenvalue weighted by atomic mass is 9.82. The van der Waals surface area contributed by atoms with Crippen LogP contribution in [-0.2, 0) is 27.3 Å². The van der Waals surface area contributed by atoms with E-state index in [1.54, 1.807) is 23.4 Å². The van der Waals surface area contributed by atoms with Gasteiger partial charge in [-0.2, -0.15) is 4.31 Å². The molecule has 3 heterocycles. The van der Waals surface area contributed by atoms with Gasteiger partial charge in [0.15, 0.2) is 5.03 Å². The first-order valence-corrected chi connectivity index (χ1v) is 15.2. The molecule has 0 radical (unpaired) electrons. The van der Waals surface area contributed by atoms with Crippen LogP contribution >= 0.6 is 11.3 Å². The monoisotopic (exact) mass is 550 g/mol. The molecule has 2 fully saturated rings. The van der Waals surface area contributed by atoms with E-state index < -0.39 is 22.0 Å². The predicted molar refractivity (Wildman–Crippen MR) is 144 cm³/mol. The van der Waals surface area contributed by atoms with Gasteiger partial charge in [0.1, 0.15) is 10.7 Å². The van der Waals surface area contributed by atoms with E-state index in [4.69, 9.17) is 0 Å². The molecule has 204 valence electrons. The van der Waals surface area contributed by atoms with Crippen molar-refractivity contribution >= 4 is 38.9 Å². The number of amides is 1. The van der Waals surface area contributed by atoms with Gasteiger partial charge in [-0.15, -0.1) is 11.3 Å². The van der Waals surface area contributed by atoms with Crippen LogP contribution < -0.4 is 4.90 Å². The van der Waals surface area contributed by atoms with Crippen molar-refractivity contribution in [2.24, 2.45) is 18.9 Å². The third-order valence-electron chi connectivity index (χ3n) is 7.69. The first-order valence-electron chi connectivity index (χ1n) is 12.9. The number of carbonyl (C=O) groups is 2. The highest BCUT2D eigenvalue weighted by molar-refractivity contribution is 7.89. The molecule has 11 heteroatoms. The number of aromatic carboxylic acids is 1. The minimum absolute atomic E-state index is 0.0101. The number of hydrogen-bond acceptors (Lipinski definition) is 6. The number of carboxylic acid groups (broad SMARTS) is 1. The summed E-state index contributed by atoms with van der Waals surface area (Å²) in [5.74, 6) is -0.200. The molecule has 2 aliphatic rings. The van der Waals surface area contributed by atoms with Gasteiger partial charge in [-0.1, -0.05) is 27.7 Å². The molecule has 9 nitrogen and oxygen atoms in total. The molecular weight excluding hydrogens is 512 g/mol. The van der Waals surface area contributed by atoms with Crippen molar-refractivity contribution in [2.45, 2.75) is 83.2 Å². The maximum atomic E-state index is 14.1. The van der Waals surface area contributed by atoms with Crippen molar-refractivity contribution < 1.29 is 23.1 Å². The number of carboxylic acids is 1. The van der Waals surface area contributed by atoms with Gasteiger partial charge in [-0.3, -0.25) is 4.79 Å². The van der Waals surface area contributed by atoms with Crippen molar-refractivity contribution in [3.63, 3.8) is 0 Å². The molecule has 4 rings (SSSR count). The fourth-order valence-electron chi connectivity index (χ4n) is 5.20. The highest BCUT2D eigenvalue weighted by Gasteiger charge is 2.42. The summed E-state index contributed by atoms with van der Waals surface area (Å²) >= 11 is 1.20. The highest BCUT2D eigenvalue weighted by atomic mass is 32.2. The fourth-order valence-corrected chi connectivity index (χ4v) is 7.77. The first kappa shape index (κ1) is 27.8. The Morgan fingerprint density at radius 3 is 2.35 bits per heavy atom. The second-order valence-corrected chi connectivity index (χ2v) is 14.5. The lowest BCUT2D eigenvalue weighted by Gasteiger charge is -2.34. The summed E-state index contributed by atoms with van der Waals surface area (Å²) in [6.45, 7) is 10.3. The molecular formula is C26H38N4O5S2. The average Bonchev–Trinajstić information content (AvgIpc) is 3.54. The van der Waals surface area contributed by atoms with E-state index in [2.05, 4.69) is 11.9 Å². The predicted octanol–water partition coefficient (Wildman–Crippen LogP) is 4.41. The number of sulfonamides is 1. The molecule has 1 saturated heterocycles. The number of carbonyl (C=O) groups excluding carboxylic acids is 1. The summed E-state index contributed by atoms with van der Waals surface area (Å²) in [6, 6.07) is 1.38. The third kappa shape index (κ3) is 5.49. The summed E-state index contributed by atoms with van der Waals surface area (Å²) in [4.78, 5) is 33.2. The van der Waals surface area contributed by atoms with Crippen LogP contribution in [0, 0.1) is 18.8 Å². The van der Waals surface area contributed by atoms with Gasteiger partial charge in [0.05, 0.1) is 11.7 Å². The van der Waals surface area contributed by atoms with E-state index in [0.29, 0.717) is 23.9 Å². The summed E-state index contributed by atoms with van der Waals surface area (Å²) in [6.07, 6.45) is 5.36. The van der Waals surface area contributed by atoms with Crippen LogP contribution in [0.5, 0.6) is 0 Å². The van der Waals surface area contributed by atoms with E-state index >= 15 is 0 Å². The van der Waals surface area contributed by atoms with Crippen molar-refractivity contribution in [3.05, 3.63) is 27.8 Å². The van der Waals surface area contributed by atoms with Gasteiger partial charge in [0.2, 0.25) is 5.91 Å². The van der Waals surface area contributed by atoms with E-state index in [9.17, 15) is 23.1 Å². The van der Waals surface area contributed by atoms with Gasteiger partial charge in [0, 0.05) is 37.1 Å². The minimum atomic E-state index is -3.84. The minimum Gasteiger partial charge on any atom is -0.477 e. The average molecular weight is 551 g/mol. The van der Waals surface area contributed by atoms with Crippen LogP contribution in [0.3, 0.4) is 0 Å². The Balaban J connectivity index is 1.72. The second-order valence-electron chi connectivity index (χ2n) is 11.6. The quantitative estimate of drug-likeness (QED) is 0.570. The zero-order valence-corrected chi connectivity index (χ0v) is 24.2. The van der Waals surface area contributed by atoms with Gasteiger partial charge >= 0.3 is 5.97 Å².